The fourth-order valence-corrected chi connectivity index (χ4v) is 2.38. The molecule has 0 saturated heterocycles. The van der Waals surface area contributed by atoms with Crippen LogP contribution in [0.4, 0.5) is 8.78 Å². The number of rotatable bonds is 6. The summed E-state index contributed by atoms with van der Waals surface area (Å²) >= 11 is 5.87. The van der Waals surface area contributed by atoms with E-state index in [0.29, 0.717) is 17.0 Å². The van der Waals surface area contributed by atoms with Crippen molar-refractivity contribution in [3.8, 4) is 0 Å². The van der Waals surface area contributed by atoms with Crippen molar-refractivity contribution in [1.82, 2.24) is 5.32 Å². The smallest absolute Gasteiger partial charge is 0.130 e. The molecular formula is C17H18ClF2N. The minimum Gasteiger partial charge on any atom is -0.310 e. The fourth-order valence-electron chi connectivity index (χ4n) is 2.25. The number of hydrogen-bond donors (Lipinski definition) is 1. The summed E-state index contributed by atoms with van der Waals surface area (Å²) in [7, 11) is 0. The van der Waals surface area contributed by atoms with Crippen molar-refractivity contribution in [2.75, 3.05) is 6.54 Å². The molecular weight excluding hydrogens is 292 g/mol. The molecule has 0 aliphatic heterocycles. The van der Waals surface area contributed by atoms with Gasteiger partial charge < -0.3 is 5.32 Å². The maximum Gasteiger partial charge on any atom is 0.130 e. The van der Waals surface area contributed by atoms with Gasteiger partial charge in [-0.1, -0.05) is 36.7 Å². The number of hydrogen-bond acceptors (Lipinski definition) is 1. The van der Waals surface area contributed by atoms with Crippen LogP contribution in [-0.4, -0.2) is 6.54 Å². The molecule has 0 aliphatic rings. The molecule has 0 radical (unpaired) electrons. The van der Waals surface area contributed by atoms with Gasteiger partial charge in [0.05, 0.1) is 0 Å². The highest BCUT2D eigenvalue weighted by Crippen LogP contribution is 2.23. The van der Waals surface area contributed by atoms with Crippen molar-refractivity contribution in [2.24, 2.45) is 0 Å². The monoisotopic (exact) mass is 309 g/mol. The van der Waals surface area contributed by atoms with Gasteiger partial charge in [0.15, 0.2) is 0 Å². The van der Waals surface area contributed by atoms with Crippen molar-refractivity contribution in [1.29, 1.82) is 0 Å². The second-order valence-electron chi connectivity index (χ2n) is 5.00. The SMILES string of the molecule is CCCNC(Cc1ccc(Cl)cc1)c1ccc(F)cc1F. The van der Waals surface area contributed by atoms with Gasteiger partial charge in [-0.3, -0.25) is 0 Å². The lowest BCUT2D eigenvalue weighted by Crippen LogP contribution is -2.25. The Morgan fingerprint density at radius 3 is 2.43 bits per heavy atom. The average molecular weight is 310 g/mol. The Bertz CT molecular complexity index is 584. The summed E-state index contributed by atoms with van der Waals surface area (Å²) in [4.78, 5) is 0. The summed E-state index contributed by atoms with van der Waals surface area (Å²) in [6.45, 7) is 2.82. The van der Waals surface area contributed by atoms with Gasteiger partial charge in [-0.05, 0) is 43.1 Å². The molecule has 0 aliphatic carbocycles. The second kappa shape index (κ2) is 7.53. The Balaban J connectivity index is 2.22. The summed E-state index contributed by atoms with van der Waals surface area (Å²) in [5.74, 6) is -1.07. The zero-order valence-corrected chi connectivity index (χ0v) is 12.6. The summed E-state index contributed by atoms with van der Waals surface area (Å²) in [6.07, 6.45) is 1.57. The van der Waals surface area contributed by atoms with Crippen molar-refractivity contribution in [2.45, 2.75) is 25.8 Å². The van der Waals surface area contributed by atoms with Crippen LogP contribution in [0, 0.1) is 11.6 Å². The highest BCUT2D eigenvalue weighted by molar-refractivity contribution is 6.30. The van der Waals surface area contributed by atoms with Gasteiger partial charge in [-0.15, -0.1) is 0 Å². The van der Waals surface area contributed by atoms with Crippen LogP contribution in [0.1, 0.15) is 30.5 Å². The number of nitrogens with one attached hydrogen (secondary N) is 1. The normalized spacial score (nSPS) is 12.4. The van der Waals surface area contributed by atoms with Crippen LogP contribution in [0.25, 0.3) is 0 Å². The number of benzene rings is 2. The molecule has 21 heavy (non-hydrogen) atoms. The van der Waals surface area contributed by atoms with Crippen LogP contribution in [-0.2, 0) is 6.42 Å². The van der Waals surface area contributed by atoms with E-state index in [2.05, 4.69) is 5.32 Å². The third kappa shape index (κ3) is 4.51. The first-order valence-corrected chi connectivity index (χ1v) is 7.40. The maximum atomic E-state index is 14.0. The van der Waals surface area contributed by atoms with E-state index < -0.39 is 11.6 Å². The Hall–Kier alpha value is -1.45. The van der Waals surface area contributed by atoms with Gasteiger partial charge in [-0.25, -0.2) is 8.78 Å². The Kier molecular flexibility index (Phi) is 5.71. The van der Waals surface area contributed by atoms with E-state index in [1.54, 1.807) is 0 Å². The largest absolute Gasteiger partial charge is 0.310 e. The fraction of sp³-hybridized carbons (Fsp3) is 0.294. The summed E-state index contributed by atoms with van der Waals surface area (Å²) in [6, 6.07) is 11.0. The zero-order chi connectivity index (χ0) is 15.2. The summed E-state index contributed by atoms with van der Waals surface area (Å²) in [5, 5.41) is 3.98. The van der Waals surface area contributed by atoms with Gasteiger partial charge in [0.1, 0.15) is 11.6 Å². The van der Waals surface area contributed by atoms with Crippen LogP contribution >= 0.6 is 11.6 Å². The first-order chi connectivity index (χ1) is 10.1. The molecule has 0 bridgehead atoms. The Labute approximate surface area is 128 Å². The van der Waals surface area contributed by atoms with E-state index >= 15 is 0 Å². The zero-order valence-electron chi connectivity index (χ0n) is 11.9. The topological polar surface area (TPSA) is 12.0 Å². The lowest BCUT2D eigenvalue weighted by atomic mass is 9.98. The van der Waals surface area contributed by atoms with E-state index in [1.165, 1.54) is 12.1 Å². The van der Waals surface area contributed by atoms with Crippen molar-refractivity contribution in [3.05, 3.63) is 70.2 Å². The molecule has 112 valence electrons. The predicted molar refractivity (Wildman–Crippen MR) is 82.5 cm³/mol. The summed E-state index contributed by atoms with van der Waals surface area (Å²) < 4.78 is 27.1. The van der Waals surface area contributed by atoms with E-state index in [0.717, 1.165) is 24.6 Å². The van der Waals surface area contributed by atoms with E-state index in [1.807, 2.05) is 31.2 Å². The molecule has 0 fully saturated rings. The predicted octanol–water partition coefficient (Wildman–Crippen LogP) is 4.90. The van der Waals surface area contributed by atoms with Crippen LogP contribution < -0.4 is 5.32 Å². The van der Waals surface area contributed by atoms with Gasteiger partial charge in [-0.2, -0.15) is 0 Å². The van der Waals surface area contributed by atoms with Gasteiger partial charge >= 0.3 is 0 Å². The molecule has 1 unspecified atom stereocenters. The molecule has 0 heterocycles. The van der Waals surface area contributed by atoms with Gasteiger partial charge in [0.2, 0.25) is 0 Å². The van der Waals surface area contributed by atoms with Crippen LogP contribution in [0.5, 0.6) is 0 Å². The van der Waals surface area contributed by atoms with E-state index in [4.69, 9.17) is 11.6 Å². The van der Waals surface area contributed by atoms with Gasteiger partial charge in [0.25, 0.3) is 0 Å². The standard InChI is InChI=1S/C17H18ClF2N/c1-2-9-21-17(10-12-3-5-13(18)6-4-12)15-8-7-14(19)11-16(15)20/h3-8,11,17,21H,2,9-10H2,1H3. The van der Waals surface area contributed by atoms with Crippen LogP contribution in [0.15, 0.2) is 42.5 Å². The van der Waals surface area contributed by atoms with E-state index in [-0.39, 0.29) is 6.04 Å². The molecule has 2 aromatic rings. The molecule has 1 nitrogen and oxygen atoms in total. The Morgan fingerprint density at radius 1 is 1.10 bits per heavy atom. The number of halogens is 3. The molecule has 0 amide bonds. The van der Waals surface area contributed by atoms with Crippen LogP contribution in [0.3, 0.4) is 0 Å². The summed E-state index contributed by atoms with van der Waals surface area (Å²) in [5.41, 5.74) is 1.54. The molecule has 0 spiro atoms. The third-order valence-corrected chi connectivity index (χ3v) is 3.58. The minimum atomic E-state index is -0.558. The molecule has 2 rings (SSSR count). The van der Waals surface area contributed by atoms with E-state index in [9.17, 15) is 8.78 Å². The maximum absolute atomic E-state index is 14.0. The molecule has 0 aromatic heterocycles. The second-order valence-corrected chi connectivity index (χ2v) is 5.44. The molecule has 1 atom stereocenters. The lowest BCUT2D eigenvalue weighted by molar-refractivity contribution is 0.491. The quantitative estimate of drug-likeness (QED) is 0.800. The minimum absolute atomic E-state index is 0.188. The highest BCUT2D eigenvalue weighted by atomic mass is 35.5. The van der Waals surface area contributed by atoms with Gasteiger partial charge in [0, 0.05) is 22.7 Å². The first kappa shape index (κ1) is 15.9. The molecule has 1 N–H and O–H groups in total. The Morgan fingerprint density at radius 2 is 1.81 bits per heavy atom. The third-order valence-electron chi connectivity index (χ3n) is 3.33. The van der Waals surface area contributed by atoms with Crippen molar-refractivity contribution in [3.63, 3.8) is 0 Å². The molecule has 0 saturated carbocycles. The van der Waals surface area contributed by atoms with Crippen LogP contribution in [0.2, 0.25) is 5.02 Å². The lowest BCUT2D eigenvalue weighted by Gasteiger charge is -2.20. The molecule has 4 heteroatoms. The highest BCUT2D eigenvalue weighted by Gasteiger charge is 2.16. The first-order valence-electron chi connectivity index (χ1n) is 7.03. The molecule has 2 aromatic carbocycles. The van der Waals surface area contributed by atoms with Crippen molar-refractivity contribution < 1.29 is 8.78 Å². The van der Waals surface area contributed by atoms with Crippen molar-refractivity contribution >= 4 is 11.6 Å². The average Bonchev–Trinajstić information content (AvgIpc) is 2.46.